The number of rotatable bonds is 6. The van der Waals surface area contributed by atoms with Crippen molar-refractivity contribution in [2.45, 2.75) is 0 Å². The number of fused-ring (bicyclic) bond motifs is 1. The van der Waals surface area contributed by atoms with Crippen molar-refractivity contribution in [2.75, 3.05) is 25.7 Å². The Kier molecular flexibility index (Phi) is 5.00. The van der Waals surface area contributed by atoms with Gasteiger partial charge >= 0.3 is 0 Å². The first-order valence-electron chi connectivity index (χ1n) is 7.67. The Morgan fingerprint density at radius 1 is 1.20 bits per heavy atom. The van der Waals surface area contributed by atoms with Crippen LogP contribution in [0.5, 0.6) is 11.5 Å². The van der Waals surface area contributed by atoms with Crippen molar-refractivity contribution >= 4 is 32.6 Å². The van der Waals surface area contributed by atoms with Crippen molar-refractivity contribution < 1.29 is 14.3 Å². The Balaban J connectivity index is 2.02. The maximum absolute atomic E-state index is 13.1. The van der Waals surface area contributed by atoms with E-state index in [9.17, 15) is 4.79 Å². The lowest BCUT2D eigenvalue weighted by Crippen LogP contribution is -2.31. The van der Waals surface area contributed by atoms with Crippen molar-refractivity contribution in [2.24, 2.45) is 0 Å². The van der Waals surface area contributed by atoms with Gasteiger partial charge in [0.1, 0.15) is 11.5 Å². The predicted octanol–water partition coefficient (Wildman–Crippen LogP) is 4.15. The molecule has 1 heterocycles. The number of methoxy groups -OCH3 is 2. The molecule has 3 aromatic rings. The molecule has 128 valence electrons. The minimum atomic E-state index is -0.184. The Bertz CT molecular complexity index is 865. The molecule has 0 atom stereocenters. The maximum Gasteiger partial charge on any atom is 0.260 e. The van der Waals surface area contributed by atoms with Crippen LogP contribution in [-0.4, -0.2) is 31.7 Å². The van der Waals surface area contributed by atoms with Crippen molar-refractivity contribution in [1.29, 1.82) is 0 Å². The van der Waals surface area contributed by atoms with E-state index in [1.54, 1.807) is 43.4 Å². The molecule has 0 aliphatic heterocycles. The molecule has 25 heavy (non-hydrogen) atoms. The molecule has 0 unspecified atom stereocenters. The molecule has 0 spiro atoms. The third kappa shape index (κ3) is 3.49. The molecule has 0 aliphatic rings. The van der Waals surface area contributed by atoms with Crippen LogP contribution in [0.1, 0.15) is 10.4 Å². The van der Waals surface area contributed by atoms with Crippen LogP contribution in [0.3, 0.4) is 0 Å². The number of thiazole rings is 1. The van der Waals surface area contributed by atoms with Gasteiger partial charge in [0.15, 0.2) is 5.13 Å². The standard InChI is InChI=1S/C19H18N2O3S/c1-4-9-21(19-20-16-7-5-6-8-17(16)25-19)18(22)13-10-14(23-2)12-15(11-13)24-3/h4-8,10-12H,1,9H2,2-3H3. The summed E-state index contributed by atoms with van der Waals surface area (Å²) < 4.78 is 11.5. The molecule has 0 saturated carbocycles. The number of ether oxygens (including phenoxy) is 2. The molecule has 0 aliphatic carbocycles. The first-order chi connectivity index (χ1) is 12.2. The van der Waals surface area contributed by atoms with E-state index in [-0.39, 0.29) is 5.91 Å². The lowest BCUT2D eigenvalue weighted by Gasteiger charge is -2.18. The zero-order valence-electron chi connectivity index (χ0n) is 14.1. The third-order valence-electron chi connectivity index (χ3n) is 3.67. The first-order valence-corrected chi connectivity index (χ1v) is 8.49. The van der Waals surface area contributed by atoms with E-state index in [4.69, 9.17) is 9.47 Å². The lowest BCUT2D eigenvalue weighted by atomic mass is 10.1. The van der Waals surface area contributed by atoms with Gasteiger partial charge in [0, 0.05) is 18.2 Å². The molecule has 1 aromatic heterocycles. The summed E-state index contributed by atoms with van der Waals surface area (Å²) >= 11 is 1.47. The van der Waals surface area contributed by atoms with Crippen molar-refractivity contribution in [3.05, 3.63) is 60.7 Å². The van der Waals surface area contributed by atoms with Crippen LogP contribution in [0.2, 0.25) is 0 Å². The second-order valence-electron chi connectivity index (χ2n) is 5.27. The van der Waals surface area contributed by atoms with Gasteiger partial charge in [-0.3, -0.25) is 9.69 Å². The Morgan fingerprint density at radius 2 is 1.88 bits per heavy atom. The predicted molar refractivity (Wildman–Crippen MR) is 101 cm³/mol. The molecule has 0 N–H and O–H groups in total. The Morgan fingerprint density at radius 3 is 2.48 bits per heavy atom. The van der Waals surface area contributed by atoms with Gasteiger partial charge in [-0.05, 0) is 24.3 Å². The van der Waals surface area contributed by atoms with E-state index >= 15 is 0 Å². The molecular weight excluding hydrogens is 336 g/mol. The summed E-state index contributed by atoms with van der Waals surface area (Å²) in [5, 5.41) is 0.632. The van der Waals surface area contributed by atoms with Crippen molar-refractivity contribution in [3.63, 3.8) is 0 Å². The SMILES string of the molecule is C=CCN(C(=O)c1cc(OC)cc(OC)c1)c1nc2ccccc2s1. The number of aromatic nitrogens is 1. The summed E-state index contributed by atoms with van der Waals surface area (Å²) in [6.07, 6.45) is 1.68. The third-order valence-corrected chi connectivity index (χ3v) is 4.73. The zero-order valence-corrected chi connectivity index (χ0v) is 14.9. The van der Waals surface area contributed by atoms with Crippen LogP contribution >= 0.6 is 11.3 Å². The largest absolute Gasteiger partial charge is 0.497 e. The summed E-state index contributed by atoms with van der Waals surface area (Å²) in [5.41, 5.74) is 1.34. The Labute approximate surface area is 150 Å². The normalized spacial score (nSPS) is 10.5. The fourth-order valence-electron chi connectivity index (χ4n) is 2.44. The summed E-state index contributed by atoms with van der Waals surface area (Å²) in [4.78, 5) is 19.3. The average Bonchev–Trinajstić information content (AvgIpc) is 3.08. The number of hydrogen-bond acceptors (Lipinski definition) is 5. The number of anilines is 1. The van der Waals surface area contributed by atoms with Gasteiger partial charge in [0.25, 0.3) is 5.91 Å². The smallest absolute Gasteiger partial charge is 0.260 e. The summed E-state index contributed by atoms with van der Waals surface area (Å²) in [5.74, 6) is 0.937. The second-order valence-corrected chi connectivity index (χ2v) is 6.28. The van der Waals surface area contributed by atoms with Gasteiger partial charge in [0.05, 0.1) is 24.4 Å². The monoisotopic (exact) mass is 354 g/mol. The first kappa shape index (κ1) is 17.0. The van der Waals surface area contributed by atoms with E-state index in [1.165, 1.54) is 11.3 Å². The molecule has 0 saturated heterocycles. The van der Waals surface area contributed by atoms with E-state index in [0.717, 1.165) is 10.2 Å². The van der Waals surface area contributed by atoms with Crippen LogP contribution in [-0.2, 0) is 0 Å². The molecule has 0 bridgehead atoms. The number of hydrogen-bond donors (Lipinski definition) is 0. The van der Waals surface area contributed by atoms with Crippen LogP contribution in [0.25, 0.3) is 10.2 Å². The number of amides is 1. The summed E-state index contributed by atoms with van der Waals surface area (Å²) in [7, 11) is 3.11. The molecular formula is C19H18N2O3S. The van der Waals surface area contributed by atoms with Gasteiger partial charge in [-0.15, -0.1) is 6.58 Å². The van der Waals surface area contributed by atoms with Gasteiger partial charge < -0.3 is 9.47 Å². The molecule has 0 radical (unpaired) electrons. The minimum absolute atomic E-state index is 0.184. The maximum atomic E-state index is 13.1. The van der Waals surface area contributed by atoms with E-state index in [2.05, 4.69) is 11.6 Å². The highest BCUT2D eigenvalue weighted by Gasteiger charge is 2.21. The van der Waals surface area contributed by atoms with E-state index in [0.29, 0.717) is 28.7 Å². The summed E-state index contributed by atoms with van der Waals surface area (Å²) in [6, 6.07) is 12.9. The van der Waals surface area contributed by atoms with Gasteiger partial charge in [-0.1, -0.05) is 29.5 Å². The van der Waals surface area contributed by atoms with E-state index < -0.39 is 0 Å². The fourth-order valence-corrected chi connectivity index (χ4v) is 3.41. The molecule has 0 fully saturated rings. The minimum Gasteiger partial charge on any atom is -0.497 e. The number of carbonyl (C=O) groups is 1. The number of nitrogens with zero attached hydrogens (tertiary/aromatic N) is 2. The number of para-hydroxylation sites is 1. The molecule has 3 rings (SSSR count). The van der Waals surface area contributed by atoms with Crippen LogP contribution in [0.15, 0.2) is 55.1 Å². The molecule has 1 amide bonds. The van der Waals surface area contributed by atoms with Crippen LogP contribution < -0.4 is 14.4 Å². The highest BCUT2D eigenvalue weighted by molar-refractivity contribution is 7.22. The molecule has 6 heteroatoms. The number of benzene rings is 2. The topological polar surface area (TPSA) is 51.7 Å². The molecule has 2 aromatic carbocycles. The lowest BCUT2D eigenvalue weighted by molar-refractivity contribution is 0.0989. The fraction of sp³-hybridized carbons (Fsp3) is 0.158. The average molecular weight is 354 g/mol. The van der Waals surface area contributed by atoms with Gasteiger partial charge in [-0.25, -0.2) is 4.98 Å². The van der Waals surface area contributed by atoms with E-state index in [1.807, 2.05) is 24.3 Å². The second kappa shape index (κ2) is 7.36. The Hall–Kier alpha value is -2.86. The quantitative estimate of drug-likeness (QED) is 0.624. The molecule has 5 nitrogen and oxygen atoms in total. The van der Waals surface area contributed by atoms with Crippen molar-refractivity contribution in [3.8, 4) is 11.5 Å². The van der Waals surface area contributed by atoms with Gasteiger partial charge in [-0.2, -0.15) is 0 Å². The van der Waals surface area contributed by atoms with Crippen LogP contribution in [0.4, 0.5) is 5.13 Å². The summed E-state index contributed by atoms with van der Waals surface area (Å²) in [6.45, 7) is 4.12. The van der Waals surface area contributed by atoms with Crippen LogP contribution in [0, 0.1) is 0 Å². The highest BCUT2D eigenvalue weighted by Crippen LogP contribution is 2.31. The zero-order chi connectivity index (χ0) is 17.8. The van der Waals surface area contributed by atoms with Crippen molar-refractivity contribution in [1.82, 2.24) is 4.98 Å². The highest BCUT2D eigenvalue weighted by atomic mass is 32.1. The van der Waals surface area contributed by atoms with Gasteiger partial charge in [0.2, 0.25) is 0 Å². The number of carbonyl (C=O) groups excluding carboxylic acids is 1.